The minimum absolute atomic E-state index is 0.154. The van der Waals surface area contributed by atoms with E-state index in [2.05, 4.69) is 26.1 Å². The average Bonchev–Trinajstić information content (AvgIpc) is 2.99. The highest BCUT2D eigenvalue weighted by atomic mass is 79.9. The molecule has 3 amide bonds. The fourth-order valence-corrected chi connectivity index (χ4v) is 4.10. The summed E-state index contributed by atoms with van der Waals surface area (Å²) in [5.74, 6) is -0.741. The lowest BCUT2D eigenvalue weighted by atomic mass is 10.1. The molecule has 0 aromatic heterocycles. The second-order valence-corrected chi connectivity index (χ2v) is 8.14. The van der Waals surface area contributed by atoms with E-state index >= 15 is 0 Å². The Kier molecular flexibility index (Phi) is 6.15. The first-order valence-corrected chi connectivity index (χ1v) is 10.7. The zero-order chi connectivity index (χ0) is 21.1. The van der Waals surface area contributed by atoms with Crippen LogP contribution in [0.4, 0.5) is 11.4 Å². The number of anilines is 2. The summed E-state index contributed by atoms with van der Waals surface area (Å²) in [6.07, 6.45) is 0.612. The number of nitrogens with one attached hydrogen (secondary N) is 1. The third-order valence-electron chi connectivity index (χ3n) is 5.25. The van der Waals surface area contributed by atoms with Gasteiger partial charge in [0.15, 0.2) is 0 Å². The molecule has 1 fully saturated rings. The predicted octanol–water partition coefficient (Wildman–Crippen LogP) is 3.30. The van der Waals surface area contributed by atoms with E-state index in [1.54, 1.807) is 24.3 Å². The van der Waals surface area contributed by atoms with Crippen molar-refractivity contribution in [3.8, 4) is 0 Å². The molecule has 8 heteroatoms. The Morgan fingerprint density at radius 1 is 1.03 bits per heavy atom. The number of imide groups is 1. The lowest BCUT2D eigenvalue weighted by molar-refractivity contribution is -0.116. The van der Waals surface area contributed by atoms with Gasteiger partial charge >= 0.3 is 0 Å². The van der Waals surface area contributed by atoms with Gasteiger partial charge < -0.3 is 15.0 Å². The SMILES string of the molecule is O=C(CCCN1C(=O)c2ccccc2C1=O)Nc1cc(Br)ccc1N1CCOCC1. The van der Waals surface area contributed by atoms with Gasteiger partial charge in [-0.15, -0.1) is 0 Å². The van der Waals surface area contributed by atoms with Gasteiger partial charge in [0, 0.05) is 30.5 Å². The summed E-state index contributed by atoms with van der Waals surface area (Å²) < 4.78 is 6.29. The van der Waals surface area contributed by atoms with Crippen LogP contribution >= 0.6 is 15.9 Å². The number of halogens is 1. The van der Waals surface area contributed by atoms with Crippen LogP contribution in [0.3, 0.4) is 0 Å². The number of fused-ring (bicyclic) bond motifs is 1. The lowest BCUT2D eigenvalue weighted by Crippen LogP contribution is -2.36. The summed E-state index contributed by atoms with van der Waals surface area (Å²) in [5, 5.41) is 2.97. The Morgan fingerprint density at radius 2 is 1.70 bits per heavy atom. The molecule has 0 saturated carbocycles. The van der Waals surface area contributed by atoms with Crippen molar-refractivity contribution in [1.29, 1.82) is 0 Å². The van der Waals surface area contributed by atoms with Crippen LogP contribution in [0.1, 0.15) is 33.6 Å². The molecule has 1 saturated heterocycles. The summed E-state index contributed by atoms with van der Waals surface area (Å²) in [6.45, 7) is 3.07. The number of morpholine rings is 1. The maximum Gasteiger partial charge on any atom is 0.261 e. The van der Waals surface area contributed by atoms with E-state index in [4.69, 9.17) is 4.74 Å². The van der Waals surface area contributed by atoms with Crippen molar-refractivity contribution in [3.05, 3.63) is 58.1 Å². The number of ether oxygens (including phenoxy) is 1. The Hall–Kier alpha value is -2.71. The largest absolute Gasteiger partial charge is 0.378 e. The first kappa shape index (κ1) is 20.6. The standard InChI is InChI=1S/C22H22BrN3O4/c23-15-7-8-19(25-10-12-30-13-11-25)18(14-15)24-20(27)6-3-9-26-21(28)16-4-1-2-5-17(16)22(26)29/h1-2,4-5,7-8,14H,3,6,9-13H2,(H,24,27). The van der Waals surface area contributed by atoms with Crippen LogP contribution in [0, 0.1) is 0 Å². The van der Waals surface area contributed by atoms with Gasteiger partial charge in [0.05, 0.1) is 35.7 Å². The number of nitrogens with zero attached hydrogens (tertiary/aromatic N) is 2. The first-order valence-electron chi connectivity index (χ1n) is 9.92. The van der Waals surface area contributed by atoms with Gasteiger partial charge in [0.1, 0.15) is 0 Å². The van der Waals surface area contributed by atoms with E-state index in [1.165, 1.54) is 4.90 Å². The van der Waals surface area contributed by atoms with Crippen LogP contribution in [-0.4, -0.2) is 55.5 Å². The second-order valence-electron chi connectivity index (χ2n) is 7.22. The summed E-state index contributed by atoms with van der Waals surface area (Å²) in [5.41, 5.74) is 2.54. The van der Waals surface area contributed by atoms with Gasteiger partial charge in [0.25, 0.3) is 11.8 Å². The van der Waals surface area contributed by atoms with Crippen molar-refractivity contribution in [2.75, 3.05) is 43.1 Å². The normalized spacial score (nSPS) is 16.0. The monoisotopic (exact) mass is 471 g/mol. The second kappa shape index (κ2) is 8.97. The number of hydrogen-bond acceptors (Lipinski definition) is 5. The summed E-state index contributed by atoms with van der Waals surface area (Å²) in [7, 11) is 0. The molecule has 0 aliphatic carbocycles. The van der Waals surface area contributed by atoms with Crippen LogP contribution in [-0.2, 0) is 9.53 Å². The molecule has 7 nitrogen and oxygen atoms in total. The minimum Gasteiger partial charge on any atom is -0.378 e. The van der Waals surface area contributed by atoms with Gasteiger partial charge in [-0.3, -0.25) is 19.3 Å². The molecule has 4 rings (SSSR count). The zero-order valence-electron chi connectivity index (χ0n) is 16.4. The third-order valence-corrected chi connectivity index (χ3v) is 5.74. The van der Waals surface area contributed by atoms with Gasteiger partial charge in [0.2, 0.25) is 5.91 Å². The molecule has 2 aliphatic heterocycles. The van der Waals surface area contributed by atoms with Crippen molar-refractivity contribution in [2.45, 2.75) is 12.8 Å². The number of amides is 3. The van der Waals surface area contributed by atoms with Crippen LogP contribution < -0.4 is 10.2 Å². The topological polar surface area (TPSA) is 79.0 Å². The van der Waals surface area contributed by atoms with Gasteiger partial charge in [-0.1, -0.05) is 28.1 Å². The Bertz CT molecular complexity index is 953. The fraction of sp³-hybridized carbons (Fsp3) is 0.318. The van der Waals surface area contributed by atoms with Crippen molar-refractivity contribution in [2.24, 2.45) is 0 Å². The molecule has 30 heavy (non-hydrogen) atoms. The minimum atomic E-state index is -0.294. The fourth-order valence-electron chi connectivity index (χ4n) is 3.74. The summed E-state index contributed by atoms with van der Waals surface area (Å²) >= 11 is 3.46. The summed E-state index contributed by atoms with van der Waals surface area (Å²) in [4.78, 5) is 40.8. The van der Waals surface area contributed by atoms with Crippen molar-refractivity contribution in [1.82, 2.24) is 4.90 Å². The highest BCUT2D eigenvalue weighted by Gasteiger charge is 2.34. The van der Waals surface area contributed by atoms with Crippen LogP contribution in [0.5, 0.6) is 0 Å². The third kappa shape index (κ3) is 4.24. The molecule has 2 heterocycles. The molecular formula is C22H22BrN3O4. The molecule has 2 aromatic carbocycles. The first-order chi connectivity index (χ1) is 14.5. The predicted molar refractivity (Wildman–Crippen MR) is 117 cm³/mol. The van der Waals surface area contributed by atoms with Crippen LogP contribution in [0.15, 0.2) is 46.9 Å². The van der Waals surface area contributed by atoms with Crippen molar-refractivity contribution < 1.29 is 19.1 Å². The van der Waals surface area contributed by atoms with E-state index in [0.717, 1.165) is 28.9 Å². The van der Waals surface area contributed by atoms with E-state index in [0.29, 0.717) is 30.8 Å². The van der Waals surface area contributed by atoms with Crippen LogP contribution in [0.25, 0.3) is 0 Å². The maximum atomic E-state index is 12.6. The Balaban J connectivity index is 1.35. The smallest absolute Gasteiger partial charge is 0.261 e. The number of hydrogen-bond donors (Lipinski definition) is 1. The quantitative estimate of drug-likeness (QED) is 0.653. The molecule has 0 atom stereocenters. The number of rotatable bonds is 6. The zero-order valence-corrected chi connectivity index (χ0v) is 18.0. The van der Waals surface area contributed by atoms with E-state index < -0.39 is 0 Å². The van der Waals surface area contributed by atoms with E-state index in [1.807, 2.05) is 18.2 Å². The molecule has 1 N–H and O–H groups in total. The number of carbonyl (C=O) groups is 3. The highest BCUT2D eigenvalue weighted by molar-refractivity contribution is 9.10. The van der Waals surface area contributed by atoms with Crippen LogP contribution in [0.2, 0.25) is 0 Å². The Morgan fingerprint density at radius 3 is 2.37 bits per heavy atom. The molecular weight excluding hydrogens is 450 g/mol. The molecule has 0 spiro atoms. The molecule has 0 bridgehead atoms. The molecule has 0 unspecified atom stereocenters. The van der Waals surface area contributed by atoms with Gasteiger partial charge in [-0.25, -0.2) is 0 Å². The van der Waals surface area contributed by atoms with Gasteiger partial charge in [-0.2, -0.15) is 0 Å². The van der Waals surface area contributed by atoms with E-state index in [-0.39, 0.29) is 30.7 Å². The molecule has 0 radical (unpaired) electrons. The summed E-state index contributed by atoms with van der Waals surface area (Å²) in [6, 6.07) is 12.6. The maximum absolute atomic E-state index is 12.6. The van der Waals surface area contributed by atoms with Gasteiger partial charge in [-0.05, 0) is 36.8 Å². The van der Waals surface area contributed by atoms with Crippen molar-refractivity contribution in [3.63, 3.8) is 0 Å². The molecule has 156 valence electrons. The Labute approximate surface area is 183 Å². The average molecular weight is 472 g/mol. The molecule has 2 aromatic rings. The number of carbonyl (C=O) groups excluding carboxylic acids is 3. The lowest BCUT2D eigenvalue weighted by Gasteiger charge is -2.30. The molecule has 2 aliphatic rings. The number of benzene rings is 2. The highest BCUT2D eigenvalue weighted by Crippen LogP contribution is 2.30. The van der Waals surface area contributed by atoms with E-state index in [9.17, 15) is 14.4 Å². The van der Waals surface area contributed by atoms with Crippen molar-refractivity contribution >= 4 is 45.0 Å².